The molecule has 0 aliphatic rings. The number of nitrogens with zero attached hydrogens (tertiary/aromatic N) is 2. The van der Waals surface area contributed by atoms with Gasteiger partial charge in [-0.05, 0) is 19.4 Å². The molecule has 68 valence electrons. The number of nitrogens with one attached hydrogen (secondary N) is 1. The molecule has 0 radical (unpaired) electrons. The first-order chi connectivity index (χ1) is 6.22. The minimum Gasteiger partial charge on any atom is -0.280 e. The first-order valence-electron chi connectivity index (χ1n) is 4.22. The van der Waals surface area contributed by atoms with Crippen LogP contribution in [-0.2, 0) is 6.42 Å². The Balaban J connectivity index is 2.77. The van der Waals surface area contributed by atoms with E-state index in [0.717, 1.165) is 17.5 Å². The lowest BCUT2D eigenvalue weighted by Crippen LogP contribution is -1.88. The third-order valence-electron chi connectivity index (χ3n) is 2.11. The van der Waals surface area contributed by atoms with Crippen molar-refractivity contribution in [3.8, 4) is 0 Å². The highest BCUT2D eigenvalue weighted by Crippen LogP contribution is 2.17. The molecule has 0 atom stereocenters. The zero-order valence-corrected chi connectivity index (χ0v) is 7.56. The van der Waals surface area contributed by atoms with Gasteiger partial charge in [-0.3, -0.25) is 5.10 Å². The Hall–Kier alpha value is -1.45. The second-order valence-electron chi connectivity index (χ2n) is 2.98. The number of aromatic nitrogens is 3. The van der Waals surface area contributed by atoms with Crippen molar-refractivity contribution in [2.24, 2.45) is 0 Å². The van der Waals surface area contributed by atoms with Gasteiger partial charge in [0.05, 0.1) is 5.69 Å². The Morgan fingerprint density at radius 1 is 1.54 bits per heavy atom. The van der Waals surface area contributed by atoms with Gasteiger partial charge in [0.25, 0.3) is 0 Å². The predicted octanol–water partition coefficient (Wildman–Crippen LogP) is 1.97. The van der Waals surface area contributed by atoms with Gasteiger partial charge in [-0.2, -0.15) is 5.10 Å². The van der Waals surface area contributed by atoms with Crippen LogP contribution in [0.4, 0.5) is 4.39 Å². The summed E-state index contributed by atoms with van der Waals surface area (Å²) in [6.45, 7) is 3.62. The van der Waals surface area contributed by atoms with Gasteiger partial charge >= 0.3 is 0 Å². The van der Waals surface area contributed by atoms with Crippen LogP contribution in [0.15, 0.2) is 6.07 Å². The van der Waals surface area contributed by atoms with Crippen LogP contribution in [0.5, 0.6) is 0 Å². The Labute approximate surface area is 75.0 Å². The second kappa shape index (κ2) is 2.80. The SMILES string of the molecule is CCc1[nH]nc2nc(C)c(F)cc12. The largest absolute Gasteiger partial charge is 0.280 e. The van der Waals surface area contributed by atoms with Crippen molar-refractivity contribution in [1.82, 2.24) is 15.2 Å². The Kier molecular flexibility index (Phi) is 1.76. The molecule has 0 aliphatic heterocycles. The summed E-state index contributed by atoms with van der Waals surface area (Å²) in [5, 5.41) is 7.61. The number of halogens is 1. The Morgan fingerprint density at radius 3 is 3.00 bits per heavy atom. The predicted molar refractivity (Wildman–Crippen MR) is 48.0 cm³/mol. The van der Waals surface area contributed by atoms with Crippen molar-refractivity contribution >= 4 is 11.0 Å². The normalized spacial score (nSPS) is 11.0. The molecule has 0 aliphatic carbocycles. The first-order valence-corrected chi connectivity index (χ1v) is 4.22. The number of hydrogen-bond acceptors (Lipinski definition) is 2. The van der Waals surface area contributed by atoms with Gasteiger partial charge in [0, 0.05) is 11.1 Å². The number of aromatic amines is 1. The molecule has 0 amide bonds. The van der Waals surface area contributed by atoms with Crippen LogP contribution < -0.4 is 0 Å². The summed E-state index contributed by atoms with van der Waals surface area (Å²) in [6, 6.07) is 1.49. The van der Waals surface area contributed by atoms with Crippen LogP contribution in [0.3, 0.4) is 0 Å². The number of rotatable bonds is 1. The van der Waals surface area contributed by atoms with Crippen molar-refractivity contribution in [2.75, 3.05) is 0 Å². The van der Waals surface area contributed by atoms with E-state index >= 15 is 0 Å². The van der Waals surface area contributed by atoms with E-state index in [1.54, 1.807) is 6.92 Å². The fourth-order valence-corrected chi connectivity index (χ4v) is 1.33. The molecule has 0 spiro atoms. The number of pyridine rings is 1. The minimum absolute atomic E-state index is 0.274. The summed E-state index contributed by atoms with van der Waals surface area (Å²) in [7, 11) is 0. The maximum atomic E-state index is 13.1. The van der Waals surface area contributed by atoms with E-state index in [4.69, 9.17) is 0 Å². The van der Waals surface area contributed by atoms with Crippen LogP contribution >= 0.6 is 0 Å². The van der Waals surface area contributed by atoms with E-state index in [9.17, 15) is 4.39 Å². The van der Waals surface area contributed by atoms with Gasteiger partial charge in [0.15, 0.2) is 5.65 Å². The van der Waals surface area contributed by atoms with Crippen molar-refractivity contribution < 1.29 is 4.39 Å². The molecule has 4 heteroatoms. The van der Waals surface area contributed by atoms with Crippen molar-refractivity contribution in [1.29, 1.82) is 0 Å². The smallest absolute Gasteiger partial charge is 0.181 e. The van der Waals surface area contributed by atoms with Crippen LogP contribution in [0.2, 0.25) is 0 Å². The summed E-state index contributed by atoms with van der Waals surface area (Å²) in [5.74, 6) is -0.274. The van der Waals surface area contributed by atoms with Crippen LogP contribution in [0.1, 0.15) is 18.3 Å². The highest BCUT2D eigenvalue weighted by molar-refractivity contribution is 5.77. The molecule has 0 bridgehead atoms. The highest BCUT2D eigenvalue weighted by Gasteiger charge is 2.08. The summed E-state index contributed by atoms with van der Waals surface area (Å²) in [5.41, 5.74) is 1.92. The quantitative estimate of drug-likeness (QED) is 0.727. The molecule has 0 aromatic carbocycles. The van der Waals surface area contributed by atoms with E-state index < -0.39 is 0 Å². The number of hydrogen-bond donors (Lipinski definition) is 1. The first kappa shape index (κ1) is 8.16. The molecule has 13 heavy (non-hydrogen) atoms. The van der Waals surface area contributed by atoms with Gasteiger partial charge in [0.1, 0.15) is 5.82 Å². The summed E-state index contributed by atoms with van der Waals surface area (Å²) < 4.78 is 13.1. The van der Waals surface area contributed by atoms with Crippen LogP contribution in [0.25, 0.3) is 11.0 Å². The molecular weight excluding hydrogens is 169 g/mol. The van der Waals surface area contributed by atoms with E-state index in [-0.39, 0.29) is 5.82 Å². The molecule has 2 heterocycles. The standard InChI is InChI=1S/C9H10FN3/c1-3-8-6-4-7(10)5(2)11-9(6)13-12-8/h4H,3H2,1-2H3,(H,11,12,13). The number of H-pyrrole nitrogens is 1. The zero-order valence-electron chi connectivity index (χ0n) is 7.56. The molecule has 0 unspecified atom stereocenters. The summed E-state index contributed by atoms with van der Waals surface area (Å²) in [6.07, 6.45) is 0.806. The van der Waals surface area contributed by atoms with Gasteiger partial charge in [-0.15, -0.1) is 0 Å². The third kappa shape index (κ3) is 1.18. The summed E-state index contributed by atoms with van der Waals surface area (Å²) >= 11 is 0. The Bertz CT molecular complexity index is 447. The fourth-order valence-electron chi connectivity index (χ4n) is 1.33. The van der Waals surface area contributed by atoms with Gasteiger partial charge < -0.3 is 0 Å². The molecule has 2 rings (SSSR count). The zero-order chi connectivity index (χ0) is 9.42. The Morgan fingerprint density at radius 2 is 2.31 bits per heavy atom. The molecular formula is C9H10FN3. The molecule has 0 saturated carbocycles. The maximum Gasteiger partial charge on any atom is 0.181 e. The number of aryl methyl sites for hydroxylation is 2. The topological polar surface area (TPSA) is 41.6 Å². The van der Waals surface area contributed by atoms with E-state index in [2.05, 4.69) is 15.2 Å². The molecule has 3 nitrogen and oxygen atoms in total. The van der Waals surface area contributed by atoms with Crippen molar-refractivity contribution in [3.05, 3.63) is 23.3 Å². The molecule has 2 aromatic rings. The molecule has 0 fully saturated rings. The third-order valence-corrected chi connectivity index (χ3v) is 2.11. The maximum absolute atomic E-state index is 13.1. The number of fused-ring (bicyclic) bond motifs is 1. The fraction of sp³-hybridized carbons (Fsp3) is 0.333. The average Bonchev–Trinajstić information content (AvgIpc) is 2.48. The van der Waals surface area contributed by atoms with Crippen LogP contribution in [0, 0.1) is 12.7 Å². The lowest BCUT2D eigenvalue weighted by atomic mass is 10.2. The molecule has 1 N–H and O–H groups in total. The second-order valence-corrected chi connectivity index (χ2v) is 2.98. The van der Waals surface area contributed by atoms with E-state index in [0.29, 0.717) is 11.3 Å². The summed E-state index contributed by atoms with van der Waals surface area (Å²) in [4.78, 5) is 4.03. The van der Waals surface area contributed by atoms with Gasteiger partial charge in [-0.25, -0.2) is 9.37 Å². The molecule has 2 aromatic heterocycles. The lowest BCUT2D eigenvalue weighted by molar-refractivity contribution is 0.613. The van der Waals surface area contributed by atoms with Crippen molar-refractivity contribution in [2.45, 2.75) is 20.3 Å². The lowest BCUT2D eigenvalue weighted by Gasteiger charge is -1.95. The van der Waals surface area contributed by atoms with E-state index in [1.165, 1.54) is 6.07 Å². The minimum atomic E-state index is -0.274. The van der Waals surface area contributed by atoms with E-state index in [1.807, 2.05) is 6.92 Å². The van der Waals surface area contributed by atoms with Crippen molar-refractivity contribution in [3.63, 3.8) is 0 Å². The van der Waals surface area contributed by atoms with Crippen LogP contribution in [-0.4, -0.2) is 15.2 Å². The molecule has 0 saturated heterocycles. The van der Waals surface area contributed by atoms with Gasteiger partial charge in [-0.1, -0.05) is 6.92 Å². The monoisotopic (exact) mass is 179 g/mol. The van der Waals surface area contributed by atoms with Gasteiger partial charge in [0.2, 0.25) is 0 Å². The average molecular weight is 179 g/mol. The highest BCUT2D eigenvalue weighted by atomic mass is 19.1.